The number of rotatable bonds is 3. The SMILES string of the molecule is CNC1CCN(c2ccc3c(c2)COCCc2c-3[nH]c(=O)c(C(=O)O)c2O)C1.Cl. The van der Waals surface area contributed by atoms with Crippen LogP contribution in [-0.4, -0.2) is 54.0 Å². The predicted molar refractivity (Wildman–Crippen MR) is 111 cm³/mol. The van der Waals surface area contributed by atoms with Crippen molar-refractivity contribution in [1.29, 1.82) is 0 Å². The van der Waals surface area contributed by atoms with Gasteiger partial charge in [-0.15, -0.1) is 12.4 Å². The average Bonchev–Trinajstić information content (AvgIpc) is 3.13. The Balaban J connectivity index is 0.00000240. The van der Waals surface area contributed by atoms with Gasteiger partial charge in [0.15, 0.2) is 5.56 Å². The molecule has 156 valence electrons. The second-order valence-corrected chi connectivity index (χ2v) is 7.20. The number of aromatic nitrogens is 1. The van der Waals surface area contributed by atoms with Crippen molar-refractivity contribution in [3.8, 4) is 17.0 Å². The molecule has 1 atom stereocenters. The van der Waals surface area contributed by atoms with E-state index in [1.54, 1.807) is 0 Å². The number of carboxylic acids is 1. The van der Waals surface area contributed by atoms with E-state index in [-0.39, 0.29) is 12.4 Å². The summed E-state index contributed by atoms with van der Waals surface area (Å²) in [5.41, 5.74) is 2.13. The van der Waals surface area contributed by atoms with Crippen LogP contribution in [-0.2, 0) is 17.8 Å². The summed E-state index contributed by atoms with van der Waals surface area (Å²) in [5.74, 6) is -1.93. The van der Waals surface area contributed by atoms with Crippen LogP contribution >= 0.6 is 12.4 Å². The first-order chi connectivity index (χ1) is 13.5. The summed E-state index contributed by atoms with van der Waals surface area (Å²) in [6.07, 6.45) is 1.39. The van der Waals surface area contributed by atoms with Crippen molar-refractivity contribution in [3.05, 3.63) is 45.2 Å². The Morgan fingerprint density at radius 1 is 1.38 bits per heavy atom. The number of benzene rings is 1. The number of likely N-dealkylation sites (N-methyl/N-ethyl adjacent to an activating group) is 1. The molecule has 1 fully saturated rings. The highest BCUT2D eigenvalue weighted by Gasteiger charge is 2.26. The maximum Gasteiger partial charge on any atom is 0.345 e. The Morgan fingerprint density at radius 2 is 2.17 bits per heavy atom. The molecule has 0 spiro atoms. The fraction of sp³-hybridized carbons (Fsp3) is 0.400. The summed E-state index contributed by atoms with van der Waals surface area (Å²) in [7, 11) is 1.97. The maximum atomic E-state index is 12.3. The smallest absolute Gasteiger partial charge is 0.345 e. The van der Waals surface area contributed by atoms with Crippen LogP contribution < -0.4 is 15.8 Å². The van der Waals surface area contributed by atoms with Gasteiger partial charge in [0.25, 0.3) is 5.56 Å². The van der Waals surface area contributed by atoms with Gasteiger partial charge < -0.3 is 30.2 Å². The molecule has 0 saturated carbocycles. The number of anilines is 1. The second-order valence-electron chi connectivity index (χ2n) is 7.20. The van der Waals surface area contributed by atoms with E-state index in [4.69, 9.17) is 4.74 Å². The van der Waals surface area contributed by atoms with Gasteiger partial charge in [-0.25, -0.2) is 4.79 Å². The number of ether oxygens (including phenoxy) is 1. The molecule has 0 bridgehead atoms. The molecule has 0 amide bonds. The van der Waals surface area contributed by atoms with Crippen LogP contribution in [0, 0.1) is 0 Å². The molecule has 2 aromatic rings. The number of aromatic hydroxyl groups is 1. The zero-order valence-corrected chi connectivity index (χ0v) is 16.8. The first-order valence-electron chi connectivity index (χ1n) is 9.34. The van der Waals surface area contributed by atoms with Crippen molar-refractivity contribution in [1.82, 2.24) is 10.3 Å². The molecular weight excluding hydrogens is 398 g/mol. The average molecular weight is 422 g/mol. The molecule has 1 aromatic heterocycles. The normalized spacial score (nSPS) is 18.2. The Bertz CT molecular complexity index is 991. The highest BCUT2D eigenvalue weighted by atomic mass is 35.5. The van der Waals surface area contributed by atoms with Crippen LogP contribution in [0.15, 0.2) is 23.0 Å². The minimum absolute atomic E-state index is 0. The molecule has 2 aliphatic rings. The van der Waals surface area contributed by atoms with Crippen LogP contribution in [0.2, 0.25) is 0 Å². The summed E-state index contributed by atoms with van der Waals surface area (Å²) in [4.78, 5) is 28.6. The van der Waals surface area contributed by atoms with Gasteiger partial charge in [0.05, 0.1) is 18.9 Å². The van der Waals surface area contributed by atoms with E-state index in [1.807, 2.05) is 25.2 Å². The van der Waals surface area contributed by atoms with E-state index in [2.05, 4.69) is 15.2 Å². The third kappa shape index (κ3) is 3.83. The van der Waals surface area contributed by atoms with Gasteiger partial charge in [0.2, 0.25) is 0 Å². The lowest BCUT2D eigenvalue weighted by molar-refractivity contribution is 0.0691. The first-order valence-corrected chi connectivity index (χ1v) is 9.34. The van der Waals surface area contributed by atoms with Gasteiger partial charge >= 0.3 is 5.97 Å². The minimum Gasteiger partial charge on any atom is -0.506 e. The molecule has 2 aliphatic heterocycles. The highest BCUT2D eigenvalue weighted by Crippen LogP contribution is 2.35. The molecule has 1 saturated heterocycles. The Labute approximate surface area is 173 Å². The second kappa shape index (κ2) is 8.44. The van der Waals surface area contributed by atoms with Gasteiger partial charge in [-0.2, -0.15) is 0 Å². The molecule has 29 heavy (non-hydrogen) atoms. The number of aromatic carboxylic acids is 1. The van der Waals surface area contributed by atoms with Crippen LogP contribution in [0.25, 0.3) is 11.3 Å². The number of nitrogens with one attached hydrogen (secondary N) is 2. The number of carbonyl (C=O) groups is 1. The zero-order chi connectivity index (χ0) is 19.8. The lowest BCUT2D eigenvalue weighted by Crippen LogP contribution is -2.29. The van der Waals surface area contributed by atoms with Gasteiger partial charge in [0, 0.05) is 42.4 Å². The number of hydrogen-bond acceptors (Lipinski definition) is 6. The van der Waals surface area contributed by atoms with E-state index in [1.165, 1.54) is 0 Å². The maximum absolute atomic E-state index is 12.3. The van der Waals surface area contributed by atoms with Gasteiger partial charge in [0.1, 0.15) is 5.75 Å². The Hall–Kier alpha value is -2.55. The molecule has 9 heteroatoms. The van der Waals surface area contributed by atoms with E-state index in [0.29, 0.717) is 36.9 Å². The minimum atomic E-state index is -1.45. The third-order valence-corrected chi connectivity index (χ3v) is 5.58. The van der Waals surface area contributed by atoms with Gasteiger partial charge in [-0.1, -0.05) is 6.07 Å². The van der Waals surface area contributed by atoms with Crippen molar-refractivity contribution in [2.75, 3.05) is 31.6 Å². The van der Waals surface area contributed by atoms with E-state index in [0.717, 1.165) is 36.3 Å². The van der Waals surface area contributed by atoms with Crippen LogP contribution in [0.3, 0.4) is 0 Å². The van der Waals surface area contributed by atoms with Crippen molar-refractivity contribution in [2.45, 2.75) is 25.5 Å². The molecule has 8 nitrogen and oxygen atoms in total. The molecule has 4 rings (SSSR count). The first kappa shape index (κ1) is 21.2. The predicted octanol–water partition coefficient (Wildman–Crippen LogP) is 1.74. The molecule has 1 unspecified atom stereocenters. The molecule has 3 heterocycles. The number of carboxylic acid groups (broad SMARTS) is 1. The Morgan fingerprint density at radius 3 is 2.86 bits per heavy atom. The zero-order valence-electron chi connectivity index (χ0n) is 16.0. The number of hydrogen-bond donors (Lipinski definition) is 4. The number of pyridine rings is 1. The standard InChI is InChI=1S/C20H23N3O5.ClH/c1-21-12-4-6-23(9-12)13-2-3-14-11(8-13)10-28-7-5-15-17(14)22-19(25)16(18(15)24)20(26)27;/h2-3,8,12,21H,4-7,9-10H2,1H3,(H,26,27)(H2,22,24,25);1H. The van der Waals surface area contributed by atoms with Crippen molar-refractivity contribution in [3.63, 3.8) is 0 Å². The number of H-pyrrole nitrogens is 1. The largest absolute Gasteiger partial charge is 0.506 e. The summed E-state index contributed by atoms with van der Waals surface area (Å²) in [6.45, 7) is 2.59. The van der Waals surface area contributed by atoms with Gasteiger partial charge in [-0.05, 0) is 31.2 Å². The topological polar surface area (TPSA) is 115 Å². The van der Waals surface area contributed by atoms with Crippen LogP contribution in [0.5, 0.6) is 5.75 Å². The highest BCUT2D eigenvalue weighted by molar-refractivity contribution is 5.92. The third-order valence-electron chi connectivity index (χ3n) is 5.58. The monoisotopic (exact) mass is 421 g/mol. The van der Waals surface area contributed by atoms with Crippen molar-refractivity contribution >= 4 is 24.1 Å². The molecule has 0 aliphatic carbocycles. The fourth-order valence-corrected chi connectivity index (χ4v) is 4.03. The van der Waals surface area contributed by atoms with E-state index in [9.17, 15) is 19.8 Å². The number of nitrogens with zero attached hydrogens (tertiary/aromatic N) is 1. The van der Waals surface area contributed by atoms with Crippen molar-refractivity contribution in [2.24, 2.45) is 0 Å². The molecule has 0 radical (unpaired) electrons. The van der Waals surface area contributed by atoms with Crippen LogP contribution in [0.4, 0.5) is 5.69 Å². The number of fused-ring (bicyclic) bond motifs is 3. The summed E-state index contributed by atoms with van der Waals surface area (Å²) < 4.78 is 5.72. The lowest BCUT2D eigenvalue weighted by Gasteiger charge is -2.23. The van der Waals surface area contributed by atoms with Crippen molar-refractivity contribution < 1.29 is 19.7 Å². The van der Waals surface area contributed by atoms with Gasteiger partial charge in [-0.3, -0.25) is 4.79 Å². The molecule has 1 aromatic carbocycles. The van der Waals surface area contributed by atoms with E-state index >= 15 is 0 Å². The number of halogens is 1. The van der Waals surface area contributed by atoms with Crippen LogP contribution in [0.1, 0.15) is 27.9 Å². The summed E-state index contributed by atoms with van der Waals surface area (Å²) >= 11 is 0. The van der Waals surface area contributed by atoms with E-state index < -0.39 is 22.8 Å². The summed E-state index contributed by atoms with van der Waals surface area (Å²) in [5, 5.41) is 23.0. The molecular formula is C20H24ClN3O5. The quantitative estimate of drug-likeness (QED) is 0.596. The lowest BCUT2D eigenvalue weighted by atomic mass is 9.95. The fourth-order valence-electron chi connectivity index (χ4n) is 4.03. The Kier molecular flexibility index (Phi) is 6.16. The molecule has 4 N–H and O–H groups in total. The summed E-state index contributed by atoms with van der Waals surface area (Å²) in [6, 6.07) is 6.40. The number of aromatic amines is 1.